The summed E-state index contributed by atoms with van der Waals surface area (Å²) in [5.41, 5.74) is 1.90. The number of para-hydroxylation sites is 1. The van der Waals surface area contributed by atoms with Gasteiger partial charge >= 0.3 is 0 Å². The van der Waals surface area contributed by atoms with Gasteiger partial charge in [-0.05, 0) is 42.0 Å². The number of carbonyl (C=O) groups is 1. The van der Waals surface area contributed by atoms with Crippen LogP contribution in [0.5, 0.6) is 11.5 Å². The lowest BCUT2D eigenvalue weighted by Crippen LogP contribution is -2.28. The van der Waals surface area contributed by atoms with Gasteiger partial charge in [0.05, 0.1) is 34.4 Å². The molecule has 0 bridgehead atoms. The fourth-order valence-electron chi connectivity index (χ4n) is 3.33. The van der Waals surface area contributed by atoms with E-state index < -0.39 is 11.7 Å². The van der Waals surface area contributed by atoms with Crippen molar-refractivity contribution in [2.75, 3.05) is 12.0 Å². The van der Waals surface area contributed by atoms with Crippen LogP contribution in [0.4, 0.5) is 10.1 Å². The highest BCUT2D eigenvalue weighted by Crippen LogP contribution is 2.40. The molecular weight excluding hydrogens is 495 g/mol. The summed E-state index contributed by atoms with van der Waals surface area (Å²) in [6.07, 6.45) is 1.61. The van der Waals surface area contributed by atoms with Gasteiger partial charge in [0.15, 0.2) is 15.8 Å². The van der Waals surface area contributed by atoms with E-state index in [2.05, 4.69) is 6.07 Å². The summed E-state index contributed by atoms with van der Waals surface area (Å²) in [5.74, 6) is -0.293. The maximum Gasteiger partial charge on any atom is 0.270 e. The second-order valence-corrected chi connectivity index (χ2v) is 9.14. The number of rotatable bonds is 6. The third-order valence-electron chi connectivity index (χ3n) is 4.95. The molecule has 9 heteroatoms. The van der Waals surface area contributed by atoms with Gasteiger partial charge in [-0.3, -0.25) is 9.69 Å². The van der Waals surface area contributed by atoms with Crippen LogP contribution < -0.4 is 14.4 Å². The molecule has 5 nitrogen and oxygen atoms in total. The smallest absolute Gasteiger partial charge is 0.270 e. The molecule has 1 fully saturated rings. The zero-order valence-corrected chi connectivity index (χ0v) is 20.1. The van der Waals surface area contributed by atoms with Crippen molar-refractivity contribution in [3.63, 3.8) is 0 Å². The Balaban J connectivity index is 1.60. The maximum atomic E-state index is 14.2. The third kappa shape index (κ3) is 4.77. The number of methoxy groups -OCH3 is 1. The fourth-order valence-corrected chi connectivity index (χ4v) is 4.89. The molecule has 1 amide bonds. The summed E-state index contributed by atoms with van der Waals surface area (Å²) in [5, 5.41) is 9.53. The summed E-state index contributed by atoms with van der Waals surface area (Å²) in [7, 11) is 1.48. The molecular formula is C25H16ClFN2O3S2. The van der Waals surface area contributed by atoms with E-state index in [0.29, 0.717) is 33.1 Å². The molecule has 1 aliphatic heterocycles. The molecule has 1 aliphatic rings. The molecule has 4 rings (SSSR count). The first kappa shape index (κ1) is 23.8. The van der Waals surface area contributed by atoms with Crippen molar-refractivity contribution < 1.29 is 18.7 Å². The Morgan fingerprint density at radius 2 is 1.94 bits per heavy atom. The summed E-state index contributed by atoms with van der Waals surface area (Å²) in [4.78, 5) is 14.5. The second-order valence-electron chi connectivity index (χ2n) is 7.06. The lowest BCUT2D eigenvalue weighted by molar-refractivity contribution is -0.113. The molecule has 0 radical (unpaired) electrons. The third-order valence-corrected chi connectivity index (χ3v) is 6.53. The summed E-state index contributed by atoms with van der Waals surface area (Å²) >= 11 is 12.9. The number of carbonyl (C=O) groups excluding carboxylic acids is 1. The molecule has 0 spiro atoms. The molecule has 1 heterocycles. The number of anilines is 1. The van der Waals surface area contributed by atoms with Gasteiger partial charge in [-0.25, -0.2) is 4.39 Å². The van der Waals surface area contributed by atoms with Crippen LogP contribution in [0, 0.1) is 17.1 Å². The van der Waals surface area contributed by atoms with Crippen molar-refractivity contribution in [2.45, 2.75) is 6.61 Å². The molecule has 3 aromatic rings. The van der Waals surface area contributed by atoms with Crippen molar-refractivity contribution in [2.24, 2.45) is 0 Å². The van der Waals surface area contributed by atoms with E-state index in [0.717, 1.165) is 11.8 Å². The number of halogens is 2. The average molecular weight is 511 g/mol. The van der Waals surface area contributed by atoms with Crippen LogP contribution >= 0.6 is 35.6 Å². The van der Waals surface area contributed by atoms with Crippen LogP contribution in [0.1, 0.15) is 16.7 Å². The van der Waals surface area contributed by atoms with Crippen LogP contribution in [0.15, 0.2) is 65.6 Å². The molecule has 0 aromatic heterocycles. The van der Waals surface area contributed by atoms with Gasteiger partial charge in [0.25, 0.3) is 5.91 Å². The van der Waals surface area contributed by atoms with E-state index in [1.807, 2.05) is 6.07 Å². The Morgan fingerprint density at radius 1 is 1.21 bits per heavy atom. The standard InChI is InChI=1S/C25H16ClFN2O3S2/c1-31-21-11-15(10-18(26)23(21)32-14-17-7-3-2-6-16(17)13-28)12-22-24(30)29(25(33)34-22)20-9-5-4-8-19(20)27/h2-12H,14H2,1H3/b22-12+. The van der Waals surface area contributed by atoms with Gasteiger partial charge < -0.3 is 9.47 Å². The topological polar surface area (TPSA) is 62.6 Å². The quantitative estimate of drug-likeness (QED) is 0.284. The van der Waals surface area contributed by atoms with Gasteiger partial charge in [0, 0.05) is 5.56 Å². The van der Waals surface area contributed by atoms with E-state index in [-0.39, 0.29) is 21.6 Å². The Morgan fingerprint density at radius 3 is 2.68 bits per heavy atom. The van der Waals surface area contributed by atoms with Crippen LogP contribution in [0.3, 0.4) is 0 Å². The van der Waals surface area contributed by atoms with Crippen molar-refractivity contribution in [1.82, 2.24) is 0 Å². The molecule has 3 aromatic carbocycles. The van der Waals surface area contributed by atoms with Gasteiger partial charge in [0.1, 0.15) is 12.4 Å². The molecule has 1 saturated heterocycles. The van der Waals surface area contributed by atoms with E-state index in [1.54, 1.807) is 48.5 Å². The lowest BCUT2D eigenvalue weighted by Gasteiger charge is -2.15. The van der Waals surface area contributed by atoms with E-state index in [9.17, 15) is 14.4 Å². The minimum atomic E-state index is -0.538. The fraction of sp³-hybridized carbons (Fsp3) is 0.0800. The van der Waals surface area contributed by atoms with Gasteiger partial charge in [-0.15, -0.1) is 0 Å². The Hall–Kier alpha value is -3.38. The Bertz CT molecular complexity index is 1370. The number of nitriles is 1. The molecule has 170 valence electrons. The monoisotopic (exact) mass is 510 g/mol. The number of nitrogens with zero attached hydrogens (tertiary/aromatic N) is 2. The first-order chi connectivity index (χ1) is 16.4. The van der Waals surface area contributed by atoms with Gasteiger partial charge in [-0.2, -0.15) is 5.26 Å². The number of ether oxygens (including phenoxy) is 2. The molecule has 0 saturated carbocycles. The number of thioether (sulfide) groups is 1. The Kier molecular flexibility index (Phi) is 7.17. The number of hydrogen-bond acceptors (Lipinski definition) is 6. The van der Waals surface area contributed by atoms with Crippen molar-refractivity contribution >= 4 is 57.6 Å². The maximum absolute atomic E-state index is 14.2. The number of hydrogen-bond donors (Lipinski definition) is 0. The summed E-state index contributed by atoms with van der Waals surface area (Å²) in [6, 6.07) is 18.5. The minimum absolute atomic E-state index is 0.102. The molecule has 0 N–H and O–H groups in total. The molecule has 0 unspecified atom stereocenters. The molecule has 0 atom stereocenters. The average Bonchev–Trinajstić information content (AvgIpc) is 3.11. The number of benzene rings is 3. The molecule has 34 heavy (non-hydrogen) atoms. The van der Waals surface area contributed by atoms with Crippen molar-refractivity contribution in [3.8, 4) is 17.6 Å². The Labute approximate surface area is 210 Å². The highest BCUT2D eigenvalue weighted by molar-refractivity contribution is 8.27. The van der Waals surface area contributed by atoms with Crippen LogP contribution in [-0.2, 0) is 11.4 Å². The zero-order chi connectivity index (χ0) is 24.2. The highest BCUT2D eigenvalue weighted by Gasteiger charge is 2.34. The highest BCUT2D eigenvalue weighted by atomic mass is 35.5. The normalized spacial score (nSPS) is 14.4. The lowest BCUT2D eigenvalue weighted by atomic mass is 10.1. The van der Waals surface area contributed by atoms with E-state index >= 15 is 0 Å². The predicted octanol–water partition coefficient (Wildman–Crippen LogP) is 6.34. The van der Waals surface area contributed by atoms with E-state index in [1.165, 1.54) is 24.1 Å². The number of thiocarbonyl (C=S) groups is 1. The van der Waals surface area contributed by atoms with Crippen LogP contribution in [-0.4, -0.2) is 17.3 Å². The summed E-state index contributed by atoms with van der Waals surface area (Å²) < 4.78 is 25.8. The number of amides is 1. The van der Waals surface area contributed by atoms with Crippen LogP contribution in [0.2, 0.25) is 5.02 Å². The van der Waals surface area contributed by atoms with Gasteiger partial charge in [-0.1, -0.05) is 65.9 Å². The van der Waals surface area contributed by atoms with Crippen molar-refractivity contribution in [1.29, 1.82) is 5.26 Å². The first-order valence-electron chi connectivity index (χ1n) is 9.93. The van der Waals surface area contributed by atoms with Gasteiger partial charge in [0.2, 0.25) is 0 Å². The molecule has 0 aliphatic carbocycles. The summed E-state index contributed by atoms with van der Waals surface area (Å²) in [6.45, 7) is 0.125. The predicted molar refractivity (Wildman–Crippen MR) is 136 cm³/mol. The van der Waals surface area contributed by atoms with E-state index in [4.69, 9.17) is 33.3 Å². The van der Waals surface area contributed by atoms with Crippen LogP contribution in [0.25, 0.3) is 6.08 Å². The SMILES string of the molecule is COc1cc(/C=C2/SC(=S)N(c3ccccc3F)C2=O)cc(Cl)c1OCc1ccccc1C#N. The minimum Gasteiger partial charge on any atom is -0.493 e. The second kappa shape index (κ2) is 10.3. The van der Waals surface area contributed by atoms with Crippen molar-refractivity contribution in [3.05, 3.63) is 93.1 Å². The first-order valence-corrected chi connectivity index (χ1v) is 11.5. The zero-order valence-electron chi connectivity index (χ0n) is 17.7. The largest absolute Gasteiger partial charge is 0.493 e.